The van der Waals surface area contributed by atoms with Crippen molar-refractivity contribution in [1.82, 2.24) is 25.1 Å². The molecule has 1 amide bonds. The van der Waals surface area contributed by atoms with Crippen LogP contribution in [0.15, 0.2) is 35.6 Å². The first-order valence-electron chi connectivity index (χ1n) is 10.6. The third-order valence-electron chi connectivity index (χ3n) is 5.38. The largest absolute Gasteiger partial charge is 0.356 e. The highest BCUT2D eigenvalue weighted by molar-refractivity contribution is 7.99. The predicted molar refractivity (Wildman–Crippen MR) is 121 cm³/mol. The molecule has 158 valence electrons. The number of nitrogens with one attached hydrogen (secondary N) is 1. The minimum atomic E-state index is -0.0598. The van der Waals surface area contributed by atoms with E-state index in [4.69, 9.17) is 9.97 Å². The summed E-state index contributed by atoms with van der Waals surface area (Å²) in [6.07, 6.45) is 5.53. The molecule has 0 saturated carbocycles. The van der Waals surface area contributed by atoms with E-state index in [2.05, 4.69) is 22.2 Å². The highest BCUT2D eigenvalue weighted by atomic mass is 32.2. The van der Waals surface area contributed by atoms with Crippen LogP contribution in [0.3, 0.4) is 0 Å². The minimum Gasteiger partial charge on any atom is -0.356 e. The zero-order valence-electron chi connectivity index (χ0n) is 17.6. The number of hydrogen-bond donors (Lipinski definition) is 1. The van der Waals surface area contributed by atoms with Crippen LogP contribution in [0.25, 0.3) is 11.0 Å². The summed E-state index contributed by atoms with van der Waals surface area (Å²) in [5, 5.41) is 9.34. The number of benzene rings is 1. The molecule has 3 heterocycles. The van der Waals surface area contributed by atoms with Crippen LogP contribution in [-0.4, -0.2) is 51.0 Å². The van der Waals surface area contributed by atoms with Gasteiger partial charge in [0.2, 0.25) is 0 Å². The first-order chi connectivity index (χ1) is 14.7. The maximum absolute atomic E-state index is 12.5. The number of anilines is 1. The molecule has 0 radical (unpaired) electrons. The van der Waals surface area contributed by atoms with Gasteiger partial charge >= 0.3 is 0 Å². The van der Waals surface area contributed by atoms with Crippen LogP contribution in [0, 0.1) is 6.92 Å². The van der Waals surface area contributed by atoms with E-state index in [1.807, 2.05) is 42.1 Å². The standard InChI is InChI=1S/C22H28N6OS/c1-3-30-22-25-19(27-12-7-4-8-13-27)18-15-24-28(20(18)26-22)14-11-23-21(29)17-10-6-5-9-16(17)2/h5-6,9-10,15H,3-4,7-8,11-14H2,1-2H3,(H,23,29). The molecule has 1 aliphatic heterocycles. The number of aromatic nitrogens is 4. The third kappa shape index (κ3) is 4.43. The summed E-state index contributed by atoms with van der Waals surface area (Å²) in [6, 6.07) is 7.62. The summed E-state index contributed by atoms with van der Waals surface area (Å²) in [5.41, 5.74) is 2.52. The zero-order valence-corrected chi connectivity index (χ0v) is 18.4. The Kier molecular flexibility index (Phi) is 6.52. The van der Waals surface area contributed by atoms with Gasteiger partial charge in [-0.05, 0) is 43.6 Å². The zero-order chi connectivity index (χ0) is 20.9. The Balaban J connectivity index is 1.53. The molecule has 0 atom stereocenters. The molecule has 1 aromatic carbocycles. The van der Waals surface area contributed by atoms with Gasteiger partial charge in [-0.2, -0.15) is 5.10 Å². The quantitative estimate of drug-likeness (QED) is 0.461. The van der Waals surface area contributed by atoms with Crippen molar-refractivity contribution < 1.29 is 4.79 Å². The van der Waals surface area contributed by atoms with Crippen LogP contribution in [0.4, 0.5) is 5.82 Å². The van der Waals surface area contributed by atoms with Crippen molar-refractivity contribution in [3.05, 3.63) is 41.6 Å². The molecule has 0 unspecified atom stereocenters. The lowest BCUT2D eigenvalue weighted by Crippen LogP contribution is -2.30. The van der Waals surface area contributed by atoms with Crippen molar-refractivity contribution >= 4 is 34.5 Å². The number of thioether (sulfide) groups is 1. The maximum Gasteiger partial charge on any atom is 0.251 e. The summed E-state index contributed by atoms with van der Waals surface area (Å²) in [6.45, 7) is 7.16. The topological polar surface area (TPSA) is 75.9 Å². The molecule has 0 aliphatic carbocycles. The van der Waals surface area contributed by atoms with Crippen LogP contribution in [0.1, 0.15) is 42.1 Å². The van der Waals surface area contributed by atoms with Crippen molar-refractivity contribution in [2.75, 3.05) is 30.3 Å². The number of carbonyl (C=O) groups excluding carboxylic acids is 1. The Hall–Kier alpha value is -2.61. The minimum absolute atomic E-state index is 0.0598. The van der Waals surface area contributed by atoms with E-state index in [1.165, 1.54) is 19.3 Å². The number of amides is 1. The van der Waals surface area contributed by atoms with Crippen LogP contribution >= 0.6 is 11.8 Å². The van der Waals surface area contributed by atoms with Gasteiger partial charge in [-0.25, -0.2) is 14.6 Å². The van der Waals surface area contributed by atoms with E-state index in [9.17, 15) is 4.79 Å². The van der Waals surface area contributed by atoms with E-state index < -0.39 is 0 Å². The van der Waals surface area contributed by atoms with Crippen molar-refractivity contribution in [2.45, 2.75) is 44.8 Å². The van der Waals surface area contributed by atoms with Crippen LogP contribution < -0.4 is 10.2 Å². The van der Waals surface area contributed by atoms with Crippen molar-refractivity contribution in [3.63, 3.8) is 0 Å². The molecule has 3 aromatic rings. The molecule has 1 N–H and O–H groups in total. The fourth-order valence-corrected chi connectivity index (χ4v) is 4.38. The molecule has 7 nitrogen and oxygen atoms in total. The van der Waals surface area contributed by atoms with E-state index in [0.29, 0.717) is 18.7 Å². The normalized spacial score (nSPS) is 14.3. The molecule has 4 rings (SSSR count). The first-order valence-corrected chi connectivity index (χ1v) is 11.6. The number of piperidine rings is 1. The molecule has 2 aromatic heterocycles. The van der Waals surface area contributed by atoms with E-state index in [0.717, 1.165) is 46.4 Å². The second-order valence-electron chi connectivity index (χ2n) is 7.49. The predicted octanol–water partition coefficient (Wildman–Crippen LogP) is 3.67. The Labute approximate surface area is 181 Å². The fraction of sp³-hybridized carbons (Fsp3) is 0.455. The lowest BCUT2D eigenvalue weighted by Gasteiger charge is -2.28. The van der Waals surface area contributed by atoms with E-state index in [1.54, 1.807) is 11.8 Å². The monoisotopic (exact) mass is 424 g/mol. The Morgan fingerprint density at radius 3 is 2.73 bits per heavy atom. The second-order valence-corrected chi connectivity index (χ2v) is 8.72. The number of aryl methyl sites for hydroxylation is 1. The van der Waals surface area contributed by atoms with Crippen LogP contribution in [0.5, 0.6) is 0 Å². The summed E-state index contributed by atoms with van der Waals surface area (Å²) in [7, 11) is 0. The fourth-order valence-electron chi connectivity index (χ4n) is 3.82. The number of rotatable bonds is 7. The average Bonchev–Trinajstić information content (AvgIpc) is 3.17. The number of hydrogen-bond acceptors (Lipinski definition) is 6. The van der Waals surface area contributed by atoms with Crippen molar-refractivity contribution in [2.24, 2.45) is 0 Å². The van der Waals surface area contributed by atoms with Crippen molar-refractivity contribution in [3.8, 4) is 0 Å². The molecular weight excluding hydrogens is 396 g/mol. The van der Waals surface area contributed by atoms with Crippen LogP contribution in [-0.2, 0) is 6.54 Å². The van der Waals surface area contributed by atoms with E-state index in [-0.39, 0.29) is 5.91 Å². The Morgan fingerprint density at radius 1 is 1.17 bits per heavy atom. The lowest BCUT2D eigenvalue weighted by atomic mass is 10.1. The van der Waals surface area contributed by atoms with Gasteiger partial charge in [0.25, 0.3) is 5.91 Å². The number of carbonyl (C=O) groups is 1. The summed E-state index contributed by atoms with van der Waals surface area (Å²) < 4.78 is 1.88. The number of nitrogens with zero attached hydrogens (tertiary/aromatic N) is 5. The third-order valence-corrected chi connectivity index (χ3v) is 6.11. The Morgan fingerprint density at radius 2 is 1.97 bits per heavy atom. The van der Waals surface area contributed by atoms with Crippen LogP contribution in [0.2, 0.25) is 0 Å². The molecule has 1 saturated heterocycles. The molecule has 0 spiro atoms. The van der Waals surface area contributed by atoms with Gasteiger partial charge in [0.05, 0.1) is 18.1 Å². The van der Waals surface area contributed by atoms with Gasteiger partial charge in [0, 0.05) is 25.2 Å². The molecule has 30 heavy (non-hydrogen) atoms. The van der Waals surface area contributed by atoms with Gasteiger partial charge in [0.1, 0.15) is 5.82 Å². The van der Waals surface area contributed by atoms with E-state index >= 15 is 0 Å². The van der Waals surface area contributed by atoms with Gasteiger partial charge in [-0.1, -0.05) is 36.9 Å². The van der Waals surface area contributed by atoms with Crippen molar-refractivity contribution in [1.29, 1.82) is 0 Å². The summed E-state index contributed by atoms with van der Waals surface area (Å²) >= 11 is 1.65. The number of fused-ring (bicyclic) bond motifs is 1. The average molecular weight is 425 g/mol. The molecule has 1 aliphatic rings. The smallest absolute Gasteiger partial charge is 0.251 e. The van der Waals surface area contributed by atoms with Gasteiger partial charge in [0.15, 0.2) is 10.8 Å². The second kappa shape index (κ2) is 9.47. The molecule has 1 fully saturated rings. The SMILES string of the molecule is CCSc1nc(N2CCCCC2)c2cnn(CCNC(=O)c3ccccc3C)c2n1. The Bertz CT molecular complexity index is 1030. The molecule has 8 heteroatoms. The highest BCUT2D eigenvalue weighted by Crippen LogP contribution is 2.29. The summed E-state index contributed by atoms with van der Waals surface area (Å²) in [5.74, 6) is 1.85. The van der Waals surface area contributed by atoms with Gasteiger partial charge in [-0.3, -0.25) is 4.79 Å². The highest BCUT2D eigenvalue weighted by Gasteiger charge is 2.20. The summed E-state index contributed by atoms with van der Waals surface area (Å²) in [4.78, 5) is 24.4. The molecular formula is C22H28N6OS. The lowest BCUT2D eigenvalue weighted by molar-refractivity contribution is 0.0951. The first kappa shape index (κ1) is 20.7. The molecule has 0 bridgehead atoms. The van der Waals surface area contributed by atoms with Gasteiger partial charge < -0.3 is 10.2 Å². The maximum atomic E-state index is 12.5. The van der Waals surface area contributed by atoms with Gasteiger partial charge in [-0.15, -0.1) is 0 Å².